The first-order valence-electron chi connectivity index (χ1n) is 4.59. The molecule has 0 amide bonds. The van der Waals surface area contributed by atoms with E-state index in [-0.39, 0.29) is 6.16 Å². The zero-order chi connectivity index (χ0) is 10.3. The Bertz CT molecular complexity index is 173. The molecule has 0 spiro atoms. The Morgan fingerprint density at radius 2 is 2.08 bits per heavy atom. The molecular weight excluding hydrogens is 189 g/mol. The first-order valence-corrected chi connectivity index (χ1v) is 6.35. The van der Waals surface area contributed by atoms with Crippen LogP contribution in [0.2, 0.25) is 0 Å². The van der Waals surface area contributed by atoms with E-state index in [0.29, 0.717) is 13.0 Å². The van der Waals surface area contributed by atoms with Gasteiger partial charge < -0.3 is 14.3 Å². The van der Waals surface area contributed by atoms with Gasteiger partial charge in [-0.15, -0.1) is 0 Å². The van der Waals surface area contributed by atoms with Crippen LogP contribution in [0.15, 0.2) is 0 Å². The van der Waals surface area contributed by atoms with E-state index in [9.17, 15) is 9.46 Å². The predicted molar refractivity (Wildman–Crippen MR) is 54.1 cm³/mol. The molecule has 13 heavy (non-hydrogen) atoms. The van der Waals surface area contributed by atoms with Crippen LogP contribution in [0.4, 0.5) is 0 Å². The predicted octanol–water partition coefficient (Wildman–Crippen LogP) is 1.55. The third-order valence-electron chi connectivity index (χ3n) is 1.54. The van der Waals surface area contributed by atoms with Crippen molar-refractivity contribution in [3.63, 3.8) is 0 Å². The molecule has 1 atom stereocenters. The fourth-order valence-corrected chi connectivity index (χ4v) is 2.02. The van der Waals surface area contributed by atoms with Crippen LogP contribution in [0.25, 0.3) is 0 Å². The molecule has 0 aromatic carbocycles. The summed E-state index contributed by atoms with van der Waals surface area (Å²) in [5, 5.41) is 0. The Kier molecular flexibility index (Phi) is 6.60. The van der Waals surface area contributed by atoms with Gasteiger partial charge in [0.25, 0.3) is 0 Å². The lowest BCUT2D eigenvalue weighted by molar-refractivity contribution is 0.258. The molecule has 0 radical (unpaired) electrons. The molecule has 0 heterocycles. The van der Waals surface area contributed by atoms with E-state index < -0.39 is 7.60 Å². The monoisotopic (exact) mass is 209 g/mol. The van der Waals surface area contributed by atoms with Crippen LogP contribution in [0.3, 0.4) is 0 Å². The van der Waals surface area contributed by atoms with Gasteiger partial charge in [-0.05, 0) is 33.5 Å². The molecule has 0 aromatic heterocycles. The minimum atomic E-state index is -3.29. The van der Waals surface area contributed by atoms with Gasteiger partial charge in [0.2, 0.25) is 0 Å². The highest BCUT2D eigenvalue weighted by atomic mass is 31.2. The van der Waals surface area contributed by atoms with Gasteiger partial charge in [0.05, 0.1) is 12.8 Å². The molecule has 4 nitrogen and oxygen atoms in total. The smallest absolute Gasteiger partial charge is 0.324 e. The van der Waals surface area contributed by atoms with Crippen molar-refractivity contribution in [1.29, 1.82) is 0 Å². The Morgan fingerprint density at radius 1 is 1.46 bits per heavy atom. The highest BCUT2D eigenvalue weighted by Gasteiger charge is 2.17. The standard InChI is InChI=1S/C8H20NO3P/c1-4-7-12-13(10,11)8-5-6-9(2)3/h4-8H2,1-3H3,(H,10,11). The van der Waals surface area contributed by atoms with Gasteiger partial charge in [0, 0.05) is 0 Å². The summed E-state index contributed by atoms with van der Waals surface area (Å²) in [5.41, 5.74) is 0. The van der Waals surface area contributed by atoms with Crippen LogP contribution in [0.5, 0.6) is 0 Å². The van der Waals surface area contributed by atoms with Gasteiger partial charge in [0.15, 0.2) is 0 Å². The molecule has 0 rings (SSSR count). The zero-order valence-electron chi connectivity index (χ0n) is 8.69. The average molecular weight is 209 g/mol. The molecular formula is C8H20NO3P. The third kappa shape index (κ3) is 8.44. The van der Waals surface area contributed by atoms with Crippen molar-refractivity contribution in [2.45, 2.75) is 19.8 Å². The molecule has 0 aliphatic heterocycles. The maximum absolute atomic E-state index is 11.3. The molecule has 0 fully saturated rings. The number of hydrogen-bond donors (Lipinski definition) is 1. The summed E-state index contributed by atoms with van der Waals surface area (Å²) in [6.45, 7) is 3.11. The number of rotatable bonds is 7. The average Bonchev–Trinajstić information content (AvgIpc) is 2.00. The van der Waals surface area contributed by atoms with Crippen molar-refractivity contribution in [1.82, 2.24) is 4.90 Å². The van der Waals surface area contributed by atoms with E-state index in [2.05, 4.69) is 0 Å². The molecule has 0 aliphatic rings. The topological polar surface area (TPSA) is 49.8 Å². The Hall–Kier alpha value is 0.110. The van der Waals surface area contributed by atoms with Crippen molar-refractivity contribution >= 4 is 7.60 Å². The van der Waals surface area contributed by atoms with Gasteiger partial charge >= 0.3 is 7.60 Å². The van der Waals surface area contributed by atoms with Gasteiger partial charge in [-0.2, -0.15) is 0 Å². The lowest BCUT2D eigenvalue weighted by Crippen LogP contribution is -2.14. The van der Waals surface area contributed by atoms with Gasteiger partial charge in [-0.1, -0.05) is 6.92 Å². The first kappa shape index (κ1) is 13.1. The summed E-state index contributed by atoms with van der Waals surface area (Å²) in [6.07, 6.45) is 1.73. The zero-order valence-corrected chi connectivity index (χ0v) is 9.59. The Balaban J connectivity index is 3.57. The normalized spacial score (nSPS) is 16.1. The SMILES string of the molecule is CCCOP(=O)(O)CCCN(C)C. The highest BCUT2D eigenvalue weighted by molar-refractivity contribution is 7.52. The molecule has 5 heteroatoms. The number of hydrogen-bond acceptors (Lipinski definition) is 3. The minimum Gasteiger partial charge on any atom is -0.324 e. The second kappa shape index (κ2) is 6.55. The van der Waals surface area contributed by atoms with Crippen LogP contribution in [-0.4, -0.2) is 43.2 Å². The van der Waals surface area contributed by atoms with Crippen LogP contribution < -0.4 is 0 Å². The van der Waals surface area contributed by atoms with Crippen molar-refractivity contribution in [2.75, 3.05) is 33.4 Å². The van der Waals surface area contributed by atoms with E-state index in [1.54, 1.807) is 0 Å². The fourth-order valence-electron chi connectivity index (χ4n) is 0.885. The van der Waals surface area contributed by atoms with Crippen molar-refractivity contribution in [2.24, 2.45) is 0 Å². The molecule has 0 bridgehead atoms. The van der Waals surface area contributed by atoms with Crippen LogP contribution in [0, 0.1) is 0 Å². The number of nitrogens with zero attached hydrogens (tertiary/aromatic N) is 1. The van der Waals surface area contributed by atoms with Crippen LogP contribution in [0.1, 0.15) is 19.8 Å². The maximum atomic E-state index is 11.3. The van der Waals surface area contributed by atoms with Gasteiger partial charge in [-0.3, -0.25) is 4.57 Å². The lowest BCUT2D eigenvalue weighted by atomic mass is 10.5. The second-order valence-corrected chi connectivity index (χ2v) is 5.33. The van der Waals surface area contributed by atoms with E-state index in [4.69, 9.17) is 4.52 Å². The van der Waals surface area contributed by atoms with Crippen LogP contribution >= 0.6 is 7.60 Å². The summed E-state index contributed by atoms with van der Waals surface area (Å²) < 4.78 is 16.1. The van der Waals surface area contributed by atoms with E-state index >= 15 is 0 Å². The largest absolute Gasteiger partial charge is 0.328 e. The summed E-state index contributed by atoms with van der Waals surface area (Å²) in [5.74, 6) is 0. The van der Waals surface area contributed by atoms with E-state index in [1.807, 2.05) is 25.9 Å². The van der Waals surface area contributed by atoms with Crippen molar-refractivity contribution in [3.8, 4) is 0 Å². The third-order valence-corrected chi connectivity index (χ3v) is 3.01. The van der Waals surface area contributed by atoms with Crippen LogP contribution in [-0.2, 0) is 9.09 Å². The molecule has 1 unspecified atom stereocenters. The molecule has 0 aliphatic carbocycles. The minimum absolute atomic E-state index is 0.255. The second-order valence-electron chi connectivity index (χ2n) is 3.35. The first-order chi connectivity index (χ1) is 5.98. The summed E-state index contributed by atoms with van der Waals surface area (Å²) in [6, 6.07) is 0. The van der Waals surface area contributed by atoms with Crippen molar-refractivity contribution in [3.05, 3.63) is 0 Å². The lowest BCUT2D eigenvalue weighted by Gasteiger charge is -2.13. The summed E-state index contributed by atoms with van der Waals surface area (Å²) >= 11 is 0. The quantitative estimate of drug-likeness (QED) is 0.646. The fraction of sp³-hybridized carbons (Fsp3) is 1.00. The van der Waals surface area contributed by atoms with Crippen molar-refractivity contribution < 1.29 is 14.0 Å². The Labute approximate surface area is 80.4 Å². The Morgan fingerprint density at radius 3 is 2.54 bits per heavy atom. The molecule has 1 N–H and O–H groups in total. The van der Waals surface area contributed by atoms with Gasteiger partial charge in [0.1, 0.15) is 0 Å². The van der Waals surface area contributed by atoms with Gasteiger partial charge in [-0.25, -0.2) is 0 Å². The summed E-state index contributed by atoms with van der Waals surface area (Å²) in [4.78, 5) is 11.3. The molecule has 0 saturated carbocycles. The van der Waals surface area contributed by atoms with E-state index in [0.717, 1.165) is 13.0 Å². The highest BCUT2D eigenvalue weighted by Crippen LogP contribution is 2.42. The summed E-state index contributed by atoms with van der Waals surface area (Å²) in [7, 11) is 0.587. The molecule has 80 valence electrons. The molecule has 0 saturated heterocycles. The van der Waals surface area contributed by atoms with E-state index in [1.165, 1.54) is 0 Å². The molecule has 0 aromatic rings. The maximum Gasteiger partial charge on any atom is 0.328 e.